The highest BCUT2D eigenvalue weighted by Gasteiger charge is 2.07. The Morgan fingerprint density at radius 2 is 2.00 bits per heavy atom. The topological polar surface area (TPSA) is 29.9 Å². The molecule has 0 aliphatic rings. The molecule has 0 aliphatic carbocycles. The molecular formula is C16H23N3. The number of rotatable bonds is 5. The van der Waals surface area contributed by atoms with Gasteiger partial charge in [-0.1, -0.05) is 32.0 Å². The summed E-state index contributed by atoms with van der Waals surface area (Å²) in [6, 6.07) is 10.7. The summed E-state index contributed by atoms with van der Waals surface area (Å²) in [5.41, 5.74) is 4.90. The lowest BCUT2D eigenvalue weighted by Gasteiger charge is -2.14. The summed E-state index contributed by atoms with van der Waals surface area (Å²) >= 11 is 0. The Hall–Kier alpha value is -1.77. The number of benzene rings is 1. The highest BCUT2D eigenvalue weighted by molar-refractivity contribution is 5.52. The summed E-state index contributed by atoms with van der Waals surface area (Å²) in [5.74, 6) is 0.529. The maximum Gasteiger partial charge on any atom is 0.0597 e. The van der Waals surface area contributed by atoms with Gasteiger partial charge in [0, 0.05) is 12.2 Å². The van der Waals surface area contributed by atoms with Crippen LogP contribution in [0.5, 0.6) is 0 Å². The maximum atomic E-state index is 4.48. The first kappa shape index (κ1) is 13.7. The van der Waals surface area contributed by atoms with Gasteiger partial charge in [0.05, 0.1) is 17.9 Å². The van der Waals surface area contributed by atoms with E-state index in [9.17, 15) is 0 Å². The van der Waals surface area contributed by atoms with Crippen molar-refractivity contribution in [2.24, 2.45) is 0 Å². The molecule has 1 aromatic heterocycles. The van der Waals surface area contributed by atoms with Crippen LogP contribution in [0.4, 0.5) is 5.69 Å². The van der Waals surface area contributed by atoms with Crippen molar-refractivity contribution in [3.8, 4) is 0 Å². The molecule has 0 bridgehead atoms. The zero-order valence-electron chi connectivity index (χ0n) is 12.3. The van der Waals surface area contributed by atoms with E-state index in [4.69, 9.17) is 0 Å². The number of hydrogen-bond donors (Lipinski definition) is 1. The predicted molar refractivity (Wildman–Crippen MR) is 80.5 cm³/mol. The number of para-hydroxylation sites is 1. The van der Waals surface area contributed by atoms with Gasteiger partial charge in [-0.2, -0.15) is 5.10 Å². The number of nitrogens with zero attached hydrogens (tertiary/aromatic N) is 2. The first-order valence-electron chi connectivity index (χ1n) is 6.98. The van der Waals surface area contributed by atoms with Crippen molar-refractivity contribution in [1.29, 1.82) is 0 Å². The van der Waals surface area contributed by atoms with E-state index in [1.807, 2.05) is 6.92 Å². The second-order valence-corrected chi connectivity index (χ2v) is 5.19. The monoisotopic (exact) mass is 257 g/mol. The number of hydrogen-bond acceptors (Lipinski definition) is 2. The maximum absolute atomic E-state index is 4.48. The lowest BCUT2D eigenvalue weighted by molar-refractivity contribution is 0.622. The molecule has 0 atom stereocenters. The van der Waals surface area contributed by atoms with Crippen LogP contribution in [0.15, 0.2) is 30.3 Å². The highest BCUT2D eigenvalue weighted by Crippen LogP contribution is 2.24. The summed E-state index contributed by atoms with van der Waals surface area (Å²) in [4.78, 5) is 0. The molecule has 2 rings (SSSR count). The fourth-order valence-corrected chi connectivity index (χ4v) is 2.36. The number of aryl methyl sites for hydroxylation is 2. The summed E-state index contributed by atoms with van der Waals surface area (Å²) in [6.45, 7) is 10.3. The molecular weight excluding hydrogens is 234 g/mol. The average molecular weight is 257 g/mol. The Kier molecular flexibility index (Phi) is 4.25. The lowest BCUT2D eigenvalue weighted by Crippen LogP contribution is -2.09. The van der Waals surface area contributed by atoms with Crippen LogP contribution < -0.4 is 5.32 Å². The van der Waals surface area contributed by atoms with Crippen LogP contribution in [0, 0.1) is 6.92 Å². The van der Waals surface area contributed by atoms with Crippen LogP contribution >= 0.6 is 0 Å². The first-order chi connectivity index (χ1) is 9.11. The van der Waals surface area contributed by atoms with Gasteiger partial charge in [0.25, 0.3) is 0 Å². The molecule has 0 spiro atoms. The molecule has 0 fully saturated rings. The average Bonchev–Trinajstić information content (AvgIpc) is 2.77. The normalized spacial score (nSPS) is 11.0. The van der Waals surface area contributed by atoms with Crippen LogP contribution in [-0.2, 0) is 13.1 Å². The molecule has 1 aromatic carbocycles. The van der Waals surface area contributed by atoms with E-state index in [0.717, 1.165) is 18.8 Å². The quantitative estimate of drug-likeness (QED) is 0.879. The smallest absolute Gasteiger partial charge is 0.0597 e. The number of nitrogens with one attached hydrogen (secondary N) is 1. The Morgan fingerprint density at radius 3 is 2.68 bits per heavy atom. The van der Waals surface area contributed by atoms with Gasteiger partial charge in [0.1, 0.15) is 0 Å². The highest BCUT2D eigenvalue weighted by atomic mass is 15.3. The Labute approximate surface area is 115 Å². The predicted octanol–water partition coefficient (Wildman–Crippen LogP) is 3.95. The Balaban J connectivity index is 2.14. The van der Waals surface area contributed by atoms with Crippen molar-refractivity contribution in [3.05, 3.63) is 47.3 Å². The minimum absolute atomic E-state index is 0.529. The molecule has 0 unspecified atom stereocenters. The zero-order chi connectivity index (χ0) is 13.8. The molecule has 102 valence electrons. The third kappa shape index (κ3) is 3.16. The third-order valence-electron chi connectivity index (χ3n) is 3.33. The van der Waals surface area contributed by atoms with E-state index in [-0.39, 0.29) is 0 Å². The fourth-order valence-electron chi connectivity index (χ4n) is 2.36. The standard InChI is InChI=1S/C16H23N3/c1-5-19-14(10-13(4)18-19)11-17-16-9-7-6-8-15(16)12(2)3/h6-10,12,17H,5,11H2,1-4H3. The van der Waals surface area contributed by atoms with Crippen molar-refractivity contribution < 1.29 is 0 Å². The van der Waals surface area contributed by atoms with Crippen molar-refractivity contribution in [2.45, 2.75) is 46.7 Å². The van der Waals surface area contributed by atoms with Crippen LogP contribution in [0.3, 0.4) is 0 Å². The van der Waals surface area contributed by atoms with E-state index in [1.54, 1.807) is 0 Å². The number of anilines is 1. The summed E-state index contributed by atoms with van der Waals surface area (Å²) < 4.78 is 2.06. The molecule has 0 saturated heterocycles. The lowest BCUT2D eigenvalue weighted by atomic mass is 10.0. The molecule has 3 heteroatoms. The molecule has 0 aliphatic heterocycles. The van der Waals surface area contributed by atoms with E-state index in [1.165, 1.54) is 16.9 Å². The minimum atomic E-state index is 0.529. The van der Waals surface area contributed by atoms with Gasteiger partial charge in [-0.15, -0.1) is 0 Å². The number of aromatic nitrogens is 2. The van der Waals surface area contributed by atoms with E-state index in [0.29, 0.717) is 5.92 Å². The second-order valence-electron chi connectivity index (χ2n) is 5.19. The van der Waals surface area contributed by atoms with Crippen LogP contribution in [0.25, 0.3) is 0 Å². The summed E-state index contributed by atoms with van der Waals surface area (Å²) in [5, 5.41) is 8.01. The van der Waals surface area contributed by atoms with Crippen LogP contribution in [0.1, 0.15) is 43.6 Å². The summed E-state index contributed by atoms with van der Waals surface area (Å²) in [6.07, 6.45) is 0. The molecule has 1 heterocycles. The molecule has 1 N–H and O–H groups in total. The molecule has 3 nitrogen and oxygen atoms in total. The van der Waals surface area contributed by atoms with Gasteiger partial charge >= 0.3 is 0 Å². The van der Waals surface area contributed by atoms with Crippen molar-refractivity contribution in [3.63, 3.8) is 0 Å². The molecule has 19 heavy (non-hydrogen) atoms. The van der Waals surface area contributed by atoms with Gasteiger partial charge in [0.15, 0.2) is 0 Å². The van der Waals surface area contributed by atoms with Gasteiger partial charge in [0.2, 0.25) is 0 Å². The van der Waals surface area contributed by atoms with Gasteiger partial charge in [-0.05, 0) is 37.5 Å². The van der Waals surface area contributed by atoms with Crippen molar-refractivity contribution in [1.82, 2.24) is 9.78 Å². The third-order valence-corrected chi connectivity index (χ3v) is 3.33. The molecule has 0 saturated carbocycles. The van der Waals surface area contributed by atoms with Gasteiger partial charge in [-0.25, -0.2) is 0 Å². The zero-order valence-corrected chi connectivity index (χ0v) is 12.3. The van der Waals surface area contributed by atoms with E-state index in [2.05, 4.69) is 66.2 Å². The molecule has 0 amide bonds. The van der Waals surface area contributed by atoms with E-state index < -0.39 is 0 Å². The van der Waals surface area contributed by atoms with Crippen LogP contribution in [-0.4, -0.2) is 9.78 Å². The SMILES string of the molecule is CCn1nc(C)cc1CNc1ccccc1C(C)C. The molecule has 0 radical (unpaired) electrons. The molecule has 2 aromatic rings. The van der Waals surface area contributed by atoms with Gasteiger partial charge < -0.3 is 5.32 Å². The second kappa shape index (κ2) is 5.91. The van der Waals surface area contributed by atoms with Crippen molar-refractivity contribution >= 4 is 5.69 Å². The largest absolute Gasteiger partial charge is 0.379 e. The Morgan fingerprint density at radius 1 is 1.26 bits per heavy atom. The van der Waals surface area contributed by atoms with E-state index >= 15 is 0 Å². The Bertz CT molecular complexity index is 541. The fraction of sp³-hybridized carbons (Fsp3) is 0.438. The minimum Gasteiger partial charge on any atom is -0.379 e. The van der Waals surface area contributed by atoms with Gasteiger partial charge in [-0.3, -0.25) is 4.68 Å². The first-order valence-corrected chi connectivity index (χ1v) is 6.98. The van der Waals surface area contributed by atoms with Crippen LogP contribution in [0.2, 0.25) is 0 Å². The summed E-state index contributed by atoms with van der Waals surface area (Å²) in [7, 11) is 0. The van der Waals surface area contributed by atoms with Crippen molar-refractivity contribution in [2.75, 3.05) is 5.32 Å².